The Kier molecular flexibility index (Phi) is 4.37. The van der Waals surface area contributed by atoms with Crippen LogP contribution in [0.25, 0.3) is 10.9 Å². The zero-order valence-electron chi connectivity index (χ0n) is 14.4. The van der Waals surface area contributed by atoms with Crippen molar-refractivity contribution in [2.24, 2.45) is 0 Å². The molecule has 0 bridgehead atoms. The molecule has 1 fully saturated rings. The molecule has 1 aromatic carbocycles. The van der Waals surface area contributed by atoms with Crippen LogP contribution in [0.3, 0.4) is 0 Å². The molecule has 4 rings (SSSR count). The molecular formula is C20H18F3N3O. The van der Waals surface area contributed by atoms with Crippen LogP contribution in [0.1, 0.15) is 41.6 Å². The molecule has 4 nitrogen and oxygen atoms in total. The van der Waals surface area contributed by atoms with Gasteiger partial charge in [0.25, 0.3) is 0 Å². The number of alkyl halides is 3. The van der Waals surface area contributed by atoms with Crippen molar-refractivity contribution in [1.29, 1.82) is 0 Å². The van der Waals surface area contributed by atoms with Crippen LogP contribution >= 0.6 is 0 Å². The second-order valence-electron chi connectivity index (χ2n) is 6.85. The minimum Gasteiger partial charge on any atom is -0.355 e. The largest absolute Gasteiger partial charge is 0.416 e. The van der Waals surface area contributed by atoms with Crippen molar-refractivity contribution in [3.05, 3.63) is 65.6 Å². The van der Waals surface area contributed by atoms with Gasteiger partial charge in [0.05, 0.1) is 23.3 Å². The van der Waals surface area contributed by atoms with E-state index in [4.69, 9.17) is 0 Å². The van der Waals surface area contributed by atoms with Gasteiger partial charge in [-0.25, -0.2) is 0 Å². The van der Waals surface area contributed by atoms with Crippen molar-refractivity contribution in [3.63, 3.8) is 0 Å². The Morgan fingerprint density at radius 3 is 2.78 bits per heavy atom. The second-order valence-corrected chi connectivity index (χ2v) is 6.85. The van der Waals surface area contributed by atoms with E-state index >= 15 is 0 Å². The van der Waals surface area contributed by atoms with E-state index in [1.165, 1.54) is 6.07 Å². The van der Waals surface area contributed by atoms with E-state index in [1.807, 2.05) is 12.1 Å². The lowest BCUT2D eigenvalue weighted by Gasteiger charge is -2.37. The number of pyridine rings is 1. The summed E-state index contributed by atoms with van der Waals surface area (Å²) < 4.78 is 40.3. The Morgan fingerprint density at radius 2 is 2.04 bits per heavy atom. The Hall–Kier alpha value is -2.83. The molecule has 7 heteroatoms. The van der Waals surface area contributed by atoms with Crippen LogP contribution in [0.2, 0.25) is 0 Å². The lowest BCUT2D eigenvalue weighted by atomic mass is 9.82. The number of carbonyl (C=O) groups is 1. The van der Waals surface area contributed by atoms with E-state index in [2.05, 4.69) is 9.97 Å². The Bertz CT molecular complexity index is 933. The molecule has 0 spiro atoms. The van der Waals surface area contributed by atoms with Gasteiger partial charge < -0.3 is 9.88 Å². The van der Waals surface area contributed by atoms with Crippen LogP contribution in [0.5, 0.6) is 0 Å². The average Bonchev–Trinajstić information content (AvgIpc) is 3.11. The summed E-state index contributed by atoms with van der Waals surface area (Å²) in [6, 6.07) is 9.24. The van der Waals surface area contributed by atoms with Crippen LogP contribution in [-0.4, -0.2) is 27.8 Å². The first-order valence-electron chi connectivity index (χ1n) is 8.77. The number of aromatic amines is 1. The molecule has 1 aliphatic heterocycles. The lowest BCUT2D eigenvalue weighted by molar-refractivity contribution is -0.138. The molecule has 0 aliphatic carbocycles. The molecular weight excluding hydrogens is 355 g/mol. The van der Waals surface area contributed by atoms with Gasteiger partial charge in [-0.15, -0.1) is 0 Å². The molecule has 2 aromatic heterocycles. The smallest absolute Gasteiger partial charge is 0.355 e. The summed E-state index contributed by atoms with van der Waals surface area (Å²) in [7, 11) is 0. The number of rotatable bonds is 3. The number of benzene rings is 1. The summed E-state index contributed by atoms with van der Waals surface area (Å²) >= 11 is 0. The maximum Gasteiger partial charge on any atom is 0.416 e. The predicted octanol–water partition coefficient (Wildman–Crippen LogP) is 4.66. The van der Waals surface area contributed by atoms with Crippen molar-refractivity contribution in [3.8, 4) is 0 Å². The van der Waals surface area contributed by atoms with E-state index in [-0.39, 0.29) is 12.0 Å². The number of amides is 1. The molecule has 1 saturated heterocycles. The van der Waals surface area contributed by atoms with Gasteiger partial charge in [-0.1, -0.05) is 18.2 Å². The van der Waals surface area contributed by atoms with Crippen LogP contribution in [0.15, 0.2) is 48.8 Å². The normalized spacial score (nSPS) is 20.8. The zero-order chi connectivity index (χ0) is 19.0. The van der Waals surface area contributed by atoms with Gasteiger partial charge in [0, 0.05) is 23.8 Å². The molecule has 1 amide bonds. The topological polar surface area (TPSA) is 49.0 Å². The molecule has 140 valence electrons. The summed E-state index contributed by atoms with van der Waals surface area (Å²) in [6.45, 7) is 0.415. The van der Waals surface area contributed by atoms with E-state index in [0.717, 1.165) is 29.1 Å². The number of carbonyl (C=O) groups excluding carboxylic acids is 1. The van der Waals surface area contributed by atoms with Crippen molar-refractivity contribution in [2.75, 3.05) is 6.54 Å². The van der Waals surface area contributed by atoms with E-state index in [1.54, 1.807) is 29.4 Å². The number of nitrogens with one attached hydrogen (secondary N) is 1. The van der Waals surface area contributed by atoms with Crippen molar-refractivity contribution >= 4 is 17.3 Å². The van der Waals surface area contributed by atoms with Gasteiger partial charge in [0.2, 0.25) is 6.41 Å². The van der Waals surface area contributed by atoms with Gasteiger partial charge in [-0.2, -0.15) is 13.2 Å². The molecule has 3 heterocycles. The third-order valence-electron chi connectivity index (χ3n) is 5.29. The van der Waals surface area contributed by atoms with E-state index in [9.17, 15) is 18.0 Å². The molecule has 0 saturated carbocycles. The number of likely N-dealkylation sites (tertiary alicyclic amines) is 1. The van der Waals surface area contributed by atoms with Gasteiger partial charge in [0.1, 0.15) is 0 Å². The van der Waals surface area contributed by atoms with Crippen LogP contribution in [0, 0.1) is 0 Å². The van der Waals surface area contributed by atoms with Crippen LogP contribution in [-0.2, 0) is 11.0 Å². The average molecular weight is 373 g/mol. The Morgan fingerprint density at radius 1 is 1.22 bits per heavy atom. The first kappa shape index (κ1) is 17.6. The van der Waals surface area contributed by atoms with E-state index < -0.39 is 11.7 Å². The number of fused-ring (bicyclic) bond motifs is 1. The number of hydrogen-bond acceptors (Lipinski definition) is 2. The second kappa shape index (κ2) is 6.72. The van der Waals surface area contributed by atoms with Crippen LogP contribution < -0.4 is 0 Å². The predicted molar refractivity (Wildman–Crippen MR) is 95.0 cm³/mol. The van der Waals surface area contributed by atoms with Gasteiger partial charge in [0.15, 0.2) is 0 Å². The maximum atomic E-state index is 13.4. The molecule has 1 aliphatic rings. The van der Waals surface area contributed by atoms with Gasteiger partial charge in [-0.05, 0) is 42.5 Å². The van der Waals surface area contributed by atoms with Crippen LogP contribution in [0.4, 0.5) is 13.2 Å². The Balaban J connectivity index is 1.70. The fraction of sp³-hybridized carbons (Fsp3) is 0.300. The summed E-state index contributed by atoms with van der Waals surface area (Å²) in [5.74, 6) is -0.270. The third-order valence-corrected chi connectivity index (χ3v) is 5.29. The number of aromatic nitrogens is 2. The maximum absolute atomic E-state index is 13.4. The quantitative estimate of drug-likeness (QED) is 0.679. The molecule has 1 N–H and O–H groups in total. The molecule has 2 atom stereocenters. The van der Waals surface area contributed by atoms with Gasteiger partial charge in [-0.3, -0.25) is 9.78 Å². The zero-order valence-corrected chi connectivity index (χ0v) is 14.4. The highest BCUT2D eigenvalue weighted by molar-refractivity contribution is 5.79. The van der Waals surface area contributed by atoms with Gasteiger partial charge >= 0.3 is 6.18 Å². The summed E-state index contributed by atoms with van der Waals surface area (Å²) in [5.41, 5.74) is 1.38. The molecule has 0 radical (unpaired) electrons. The van der Waals surface area contributed by atoms with Crippen molar-refractivity contribution in [1.82, 2.24) is 14.9 Å². The third kappa shape index (κ3) is 3.29. The van der Waals surface area contributed by atoms with E-state index in [0.29, 0.717) is 24.9 Å². The first-order chi connectivity index (χ1) is 13.0. The summed E-state index contributed by atoms with van der Waals surface area (Å²) in [5, 5.41) is 0.962. The lowest BCUT2D eigenvalue weighted by Crippen LogP contribution is -2.35. The molecule has 3 aromatic rings. The summed E-state index contributed by atoms with van der Waals surface area (Å²) in [6.07, 6.45) is 0.710. The number of piperidine rings is 1. The van der Waals surface area contributed by atoms with Crippen molar-refractivity contribution < 1.29 is 18.0 Å². The standard InChI is InChI=1S/C20H18F3N3O/c21-20(22,23)16-4-2-1-3-15(16)13-6-8-26(12-27)19(10-13)17-9-14-5-7-24-11-18(14)25-17/h1-5,7,9,11-13,19,25H,6,8,10H2. The SMILES string of the molecule is O=CN1CCC(c2ccccc2C(F)(F)F)CC1c1cc2ccncc2[nH]1. The number of halogens is 3. The monoisotopic (exact) mass is 373 g/mol. The molecule has 2 unspecified atom stereocenters. The highest BCUT2D eigenvalue weighted by atomic mass is 19.4. The number of nitrogens with zero attached hydrogens (tertiary/aromatic N) is 2. The highest BCUT2D eigenvalue weighted by Crippen LogP contribution is 2.43. The fourth-order valence-corrected chi connectivity index (χ4v) is 3.98. The van der Waals surface area contributed by atoms with Crippen molar-refractivity contribution in [2.45, 2.75) is 31.0 Å². The minimum absolute atomic E-state index is 0.270. The number of H-pyrrole nitrogens is 1. The highest BCUT2D eigenvalue weighted by Gasteiger charge is 2.38. The Labute approximate surface area is 154 Å². The first-order valence-corrected chi connectivity index (χ1v) is 8.77. The minimum atomic E-state index is -4.39. The summed E-state index contributed by atoms with van der Waals surface area (Å²) in [4.78, 5) is 20.5. The fourth-order valence-electron chi connectivity index (χ4n) is 3.98. The number of hydrogen-bond donors (Lipinski definition) is 1. The molecule has 27 heavy (non-hydrogen) atoms.